The molecule has 1 aromatic rings. The Kier molecular flexibility index (Phi) is 5.51. The van der Waals surface area contributed by atoms with Gasteiger partial charge in [-0.3, -0.25) is 10.1 Å². The Labute approximate surface area is 143 Å². The van der Waals surface area contributed by atoms with Gasteiger partial charge >= 0.3 is 6.03 Å². The van der Waals surface area contributed by atoms with E-state index in [0.717, 1.165) is 30.5 Å². The molecular formula is C19H28N3O2+. The largest absolute Gasteiger partial charge is 0.341 e. The lowest BCUT2D eigenvalue weighted by Gasteiger charge is -2.41. The van der Waals surface area contributed by atoms with Crippen LogP contribution < -0.4 is 15.5 Å². The van der Waals surface area contributed by atoms with Crippen LogP contribution in [0.4, 0.5) is 4.79 Å². The average Bonchev–Trinajstić information content (AvgIpc) is 2.62. The summed E-state index contributed by atoms with van der Waals surface area (Å²) in [6, 6.07) is 9.12. The predicted octanol–water partition coefficient (Wildman–Crippen LogP) is 1.28. The number of hydrogen-bond acceptors (Lipinski definition) is 2. The Hall–Kier alpha value is -1.88. The highest BCUT2D eigenvalue weighted by atomic mass is 16.2. The second-order valence-electron chi connectivity index (χ2n) is 7.12. The highest BCUT2D eigenvalue weighted by Crippen LogP contribution is 2.33. The maximum absolute atomic E-state index is 12.8. The minimum atomic E-state index is -0.437. The topological polar surface area (TPSA) is 62.6 Å². The molecule has 1 saturated heterocycles. The fourth-order valence-electron chi connectivity index (χ4n) is 4.47. The molecule has 24 heavy (non-hydrogen) atoms. The standard InChI is InChI=1S/C19H27N3O2/c1-20-19(24)21-18(23)17(15-8-3-2-4-9-15)22-12-11-14-7-5-6-10-16(14)13-22/h2-4,8-9,14,16-17H,5-7,10-13H2,1H3,(H2,20,21,23,24)/p+1/t14-,16+,17+/m0/s1. The van der Waals surface area contributed by atoms with Crippen molar-refractivity contribution in [3.63, 3.8) is 0 Å². The molecule has 3 N–H and O–H groups in total. The molecule has 1 aromatic carbocycles. The van der Waals surface area contributed by atoms with Crippen molar-refractivity contribution < 1.29 is 14.5 Å². The first kappa shape index (κ1) is 17.0. The van der Waals surface area contributed by atoms with E-state index < -0.39 is 6.03 Å². The summed E-state index contributed by atoms with van der Waals surface area (Å²) in [5.74, 6) is 1.35. The molecule has 0 radical (unpaired) electrons. The number of benzene rings is 1. The summed E-state index contributed by atoms with van der Waals surface area (Å²) in [5, 5.41) is 4.96. The van der Waals surface area contributed by atoms with Crippen LogP contribution in [0.5, 0.6) is 0 Å². The normalized spacial score (nSPS) is 27.6. The van der Waals surface area contributed by atoms with E-state index in [1.807, 2.05) is 30.3 Å². The van der Waals surface area contributed by atoms with Crippen molar-refractivity contribution in [2.24, 2.45) is 11.8 Å². The number of carbonyl (C=O) groups excluding carboxylic acids is 2. The zero-order valence-electron chi connectivity index (χ0n) is 14.4. The lowest BCUT2D eigenvalue weighted by atomic mass is 9.74. The number of nitrogens with one attached hydrogen (secondary N) is 3. The van der Waals surface area contributed by atoms with Gasteiger partial charge in [0, 0.05) is 18.5 Å². The molecule has 130 valence electrons. The van der Waals surface area contributed by atoms with Gasteiger partial charge in [-0.2, -0.15) is 0 Å². The molecule has 1 aliphatic heterocycles. The highest BCUT2D eigenvalue weighted by Gasteiger charge is 2.40. The molecule has 5 nitrogen and oxygen atoms in total. The number of carbonyl (C=O) groups is 2. The molecule has 3 rings (SSSR count). The minimum Gasteiger partial charge on any atom is -0.341 e. The van der Waals surface area contributed by atoms with Gasteiger partial charge in [0.15, 0.2) is 6.04 Å². The van der Waals surface area contributed by atoms with Gasteiger partial charge in [-0.15, -0.1) is 0 Å². The van der Waals surface area contributed by atoms with E-state index >= 15 is 0 Å². The van der Waals surface area contributed by atoms with E-state index in [0.29, 0.717) is 0 Å². The van der Waals surface area contributed by atoms with E-state index in [1.54, 1.807) is 0 Å². The fourth-order valence-corrected chi connectivity index (χ4v) is 4.47. The molecule has 4 atom stereocenters. The van der Waals surface area contributed by atoms with Crippen molar-refractivity contribution in [3.8, 4) is 0 Å². The van der Waals surface area contributed by atoms with Crippen molar-refractivity contribution in [2.45, 2.75) is 38.1 Å². The summed E-state index contributed by atoms with van der Waals surface area (Å²) in [6.07, 6.45) is 6.49. The zero-order chi connectivity index (χ0) is 16.9. The summed E-state index contributed by atoms with van der Waals surface area (Å²) in [4.78, 5) is 25.7. The fraction of sp³-hybridized carbons (Fsp3) is 0.579. The molecule has 2 fully saturated rings. The van der Waals surface area contributed by atoms with Crippen molar-refractivity contribution in [1.29, 1.82) is 0 Å². The van der Waals surface area contributed by atoms with Crippen LogP contribution in [0.2, 0.25) is 0 Å². The lowest BCUT2D eigenvalue weighted by molar-refractivity contribution is -0.932. The number of likely N-dealkylation sites (tertiary alicyclic amines) is 1. The number of amides is 3. The second kappa shape index (κ2) is 7.79. The Balaban J connectivity index is 1.79. The summed E-state index contributed by atoms with van der Waals surface area (Å²) < 4.78 is 0. The first-order valence-corrected chi connectivity index (χ1v) is 9.11. The molecule has 1 unspecified atom stereocenters. The van der Waals surface area contributed by atoms with Crippen molar-refractivity contribution in [3.05, 3.63) is 35.9 Å². The number of hydrogen-bond donors (Lipinski definition) is 3. The number of piperidine rings is 1. The monoisotopic (exact) mass is 330 g/mol. The predicted molar refractivity (Wildman–Crippen MR) is 92.5 cm³/mol. The number of imide groups is 1. The summed E-state index contributed by atoms with van der Waals surface area (Å²) in [7, 11) is 1.53. The Morgan fingerprint density at radius 1 is 1.08 bits per heavy atom. The maximum atomic E-state index is 12.8. The molecule has 0 aromatic heterocycles. The molecule has 3 amide bonds. The van der Waals surface area contributed by atoms with Gasteiger partial charge in [-0.25, -0.2) is 4.79 Å². The van der Waals surface area contributed by atoms with Crippen LogP contribution in [0.25, 0.3) is 0 Å². The van der Waals surface area contributed by atoms with E-state index in [9.17, 15) is 9.59 Å². The molecule has 1 aliphatic carbocycles. The van der Waals surface area contributed by atoms with Crippen molar-refractivity contribution >= 4 is 11.9 Å². The van der Waals surface area contributed by atoms with E-state index in [1.165, 1.54) is 44.1 Å². The van der Waals surface area contributed by atoms with Gasteiger partial charge in [0.25, 0.3) is 5.91 Å². The van der Waals surface area contributed by atoms with Crippen LogP contribution in [-0.4, -0.2) is 32.1 Å². The molecule has 1 saturated carbocycles. The molecule has 0 bridgehead atoms. The van der Waals surface area contributed by atoms with E-state index in [-0.39, 0.29) is 11.9 Å². The highest BCUT2D eigenvalue weighted by molar-refractivity contribution is 5.96. The molecule has 0 spiro atoms. The van der Waals surface area contributed by atoms with Gasteiger partial charge in [0.05, 0.1) is 13.1 Å². The van der Waals surface area contributed by atoms with Crippen LogP contribution in [-0.2, 0) is 4.79 Å². The third-order valence-corrected chi connectivity index (χ3v) is 5.69. The smallest absolute Gasteiger partial charge is 0.321 e. The number of fused-ring (bicyclic) bond motifs is 1. The number of rotatable bonds is 3. The van der Waals surface area contributed by atoms with Crippen LogP contribution >= 0.6 is 0 Å². The van der Waals surface area contributed by atoms with Gasteiger partial charge in [0.2, 0.25) is 0 Å². The third-order valence-electron chi connectivity index (χ3n) is 5.69. The zero-order valence-corrected chi connectivity index (χ0v) is 14.4. The maximum Gasteiger partial charge on any atom is 0.321 e. The first-order chi connectivity index (χ1) is 11.7. The summed E-state index contributed by atoms with van der Waals surface area (Å²) in [6.45, 7) is 2.04. The van der Waals surface area contributed by atoms with Crippen LogP contribution in [0.3, 0.4) is 0 Å². The molecule has 5 heteroatoms. The molecule has 1 heterocycles. The number of quaternary nitrogens is 1. The Morgan fingerprint density at radius 2 is 1.79 bits per heavy atom. The molecule has 2 aliphatic rings. The number of urea groups is 1. The van der Waals surface area contributed by atoms with Gasteiger partial charge in [0.1, 0.15) is 0 Å². The minimum absolute atomic E-state index is 0.204. The van der Waals surface area contributed by atoms with Crippen molar-refractivity contribution in [1.82, 2.24) is 10.6 Å². The van der Waals surface area contributed by atoms with E-state index in [2.05, 4.69) is 10.6 Å². The van der Waals surface area contributed by atoms with Crippen molar-refractivity contribution in [2.75, 3.05) is 20.1 Å². The van der Waals surface area contributed by atoms with Crippen LogP contribution in [0.15, 0.2) is 30.3 Å². The van der Waals surface area contributed by atoms with Gasteiger partial charge < -0.3 is 10.2 Å². The quantitative estimate of drug-likeness (QED) is 0.782. The van der Waals surface area contributed by atoms with E-state index in [4.69, 9.17) is 0 Å². The van der Waals surface area contributed by atoms with Gasteiger partial charge in [-0.1, -0.05) is 43.2 Å². The SMILES string of the molecule is CNC(=O)NC(=O)[C@@H](c1ccccc1)[NH+]1CC[C@@H]2CCCC[C@@H]2C1. The molecular weight excluding hydrogens is 302 g/mol. The summed E-state index contributed by atoms with van der Waals surface area (Å²) in [5.41, 5.74) is 0.989. The van der Waals surface area contributed by atoms with Gasteiger partial charge in [-0.05, 0) is 25.2 Å². The lowest BCUT2D eigenvalue weighted by Crippen LogP contribution is -3.15. The average molecular weight is 330 g/mol. The Morgan fingerprint density at radius 3 is 2.50 bits per heavy atom. The summed E-state index contributed by atoms with van der Waals surface area (Å²) >= 11 is 0. The van der Waals surface area contributed by atoms with Crippen LogP contribution in [0.1, 0.15) is 43.7 Å². The first-order valence-electron chi connectivity index (χ1n) is 9.11. The Bertz CT molecular complexity index is 575. The van der Waals surface area contributed by atoms with Crippen LogP contribution in [0, 0.1) is 11.8 Å². The second-order valence-corrected chi connectivity index (χ2v) is 7.12. The third kappa shape index (κ3) is 3.78.